The summed E-state index contributed by atoms with van der Waals surface area (Å²) in [5, 5.41) is 23.4. The summed E-state index contributed by atoms with van der Waals surface area (Å²) >= 11 is 12.2. The van der Waals surface area contributed by atoms with Crippen molar-refractivity contribution in [3.05, 3.63) is 108 Å². The quantitative estimate of drug-likeness (QED) is 0.230. The maximum absolute atomic E-state index is 11.6. The van der Waals surface area contributed by atoms with Crippen molar-refractivity contribution in [1.29, 1.82) is 0 Å². The number of benzene rings is 3. The SMILES string of the molecule is O=[N+]([O-])c1cc([C@H]2CC[C@H](c3ccc(Cl)c([N+](=O)[O-])c3)N2c2ccc(C3CCCCC3)cc2)ccc1Cl. The maximum atomic E-state index is 11.6. The number of hydrogen-bond acceptors (Lipinski definition) is 5. The lowest BCUT2D eigenvalue weighted by molar-refractivity contribution is -0.384. The molecular weight excluding hydrogens is 513 g/mol. The topological polar surface area (TPSA) is 89.5 Å². The molecule has 1 saturated heterocycles. The Morgan fingerprint density at radius 1 is 0.649 bits per heavy atom. The van der Waals surface area contributed by atoms with Crippen molar-refractivity contribution in [3.8, 4) is 0 Å². The molecule has 9 heteroatoms. The Balaban J connectivity index is 1.56. The Labute approximate surface area is 225 Å². The van der Waals surface area contributed by atoms with Crippen molar-refractivity contribution in [2.75, 3.05) is 4.90 Å². The molecule has 0 amide bonds. The van der Waals surface area contributed by atoms with Crippen LogP contribution in [0.5, 0.6) is 0 Å². The Hall–Kier alpha value is -3.16. The first-order valence-electron chi connectivity index (χ1n) is 12.6. The van der Waals surface area contributed by atoms with Crippen molar-refractivity contribution < 1.29 is 9.85 Å². The number of hydrogen-bond donors (Lipinski definition) is 0. The molecule has 0 spiro atoms. The zero-order valence-corrected chi connectivity index (χ0v) is 21.7. The van der Waals surface area contributed by atoms with Gasteiger partial charge in [-0.1, -0.05) is 66.7 Å². The second-order valence-corrected chi connectivity index (χ2v) is 10.7. The van der Waals surface area contributed by atoms with Gasteiger partial charge in [-0.15, -0.1) is 0 Å². The predicted octanol–water partition coefficient (Wildman–Crippen LogP) is 8.94. The van der Waals surface area contributed by atoms with E-state index in [1.54, 1.807) is 24.3 Å². The van der Waals surface area contributed by atoms with Gasteiger partial charge in [-0.25, -0.2) is 0 Å². The number of rotatable bonds is 6. The molecule has 1 aliphatic heterocycles. The fraction of sp³-hybridized carbons (Fsp3) is 0.357. The molecule has 37 heavy (non-hydrogen) atoms. The maximum Gasteiger partial charge on any atom is 0.288 e. The van der Waals surface area contributed by atoms with Gasteiger partial charge in [-0.05, 0) is 72.6 Å². The number of anilines is 1. The van der Waals surface area contributed by atoms with Crippen LogP contribution in [0.2, 0.25) is 10.0 Å². The van der Waals surface area contributed by atoms with Crippen molar-refractivity contribution in [1.82, 2.24) is 0 Å². The highest BCUT2D eigenvalue weighted by Crippen LogP contribution is 2.49. The van der Waals surface area contributed by atoms with Gasteiger partial charge in [0.05, 0.1) is 21.9 Å². The fourth-order valence-electron chi connectivity index (χ4n) is 5.93. The number of halogens is 2. The highest BCUT2D eigenvalue weighted by molar-refractivity contribution is 6.33. The van der Waals surface area contributed by atoms with Crippen LogP contribution < -0.4 is 4.90 Å². The summed E-state index contributed by atoms with van der Waals surface area (Å²) in [6.45, 7) is 0. The minimum atomic E-state index is -0.468. The molecule has 7 nitrogen and oxygen atoms in total. The monoisotopic (exact) mass is 539 g/mol. The second-order valence-electron chi connectivity index (χ2n) is 9.88. The molecular formula is C28H27Cl2N3O4. The smallest absolute Gasteiger partial charge is 0.288 e. The largest absolute Gasteiger partial charge is 0.357 e. The van der Waals surface area contributed by atoms with E-state index in [0.717, 1.165) is 29.7 Å². The van der Waals surface area contributed by atoms with E-state index in [0.29, 0.717) is 5.92 Å². The molecule has 0 N–H and O–H groups in total. The molecule has 1 saturated carbocycles. The summed E-state index contributed by atoms with van der Waals surface area (Å²) < 4.78 is 0. The summed E-state index contributed by atoms with van der Waals surface area (Å²) in [5.41, 5.74) is 3.63. The van der Waals surface area contributed by atoms with Crippen LogP contribution in [0, 0.1) is 20.2 Å². The van der Waals surface area contributed by atoms with Gasteiger partial charge in [-0.2, -0.15) is 0 Å². The molecule has 0 aromatic heterocycles. The van der Waals surface area contributed by atoms with Crippen LogP contribution in [-0.2, 0) is 0 Å². The van der Waals surface area contributed by atoms with Crippen LogP contribution >= 0.6 is 23.2 Å². The van der Waals surface area contributed by atoms with E-state index in [2.05, 4.69) is 29.2 Å². The van der Waals surface area contributed by atoms with Gasteiger partial charge in [0.2, 0.25) is 0 Å². The van der Waals surface area contributed by atoms with Crippen LogP contribution in [0.1, 0.15) is 79.6 Å². The summed E-state index contributed by atoms with van der Waals surface area (Å²) in [6, 6.07) is 18.2. The van der Waals surface area contributed by atoms with Gasteiger partial charge < -0.3 is 4.90 Å². The fourth-order valence-corrected chi connectivity index (χ4v) is 6.31. The zero-order valence-electron chi connectivity index (χ0n) is 20.2. The molecule has 0 bridgehead atoms. The van der Waals surface area contributed by atoms with Crippen LogP contribution in [-0.4, -0.2) is 9.85 Å². The van der Waals surface area contributed by atoms with Crippen LogP contribution in [0.25, 0.3) is 0 Å². The summed E-state index contributed by atoms with van der Waals surface area (Å²) in [4.78, 5) is 24.4. The molecule has 2 aliphatic rings. The van der Waals surface area contributed by atoms with E-state index >= 15 is 0 Å². The molecule has 5 rings (SSSR count). The lowest BCUT2D eigenvalue weighted by atomic mass is 9.84. The van der Waals surface area contributed by atoms with E-state index in [9.17, 15) is 20.2 Å². The molecule has 2 atom stereocenters. The first kappa shape index (κ1) is 25.5. The summed E-state index contributed by atoms with van der Waals surface area (Å²) in [6.07, 6.45) is 7.68. The standard InChI is InChI=1S/C28H27Cl2N3O4/c29-23-12-8-20(16-27(23)32(34)35)25-14-15-26(21-9-13-24(30)28(17-21)33(36)37)31(25)22-10-6-19(7-11-22)18-4-2-1-3-5-18/h6-13,16-18,25-26H,1-5,14-15H2/t25-,26-/m1/s1. The van der Waals surface area contributed by atoms with E-state index in [1.165, 1.54) is 37.7 Å². The van der Waals surface area contributed by atoms with Crippen LogP contribution in [0.3, 0.4) is 0 Å². The van der Waals surface area contributed by atoms with Gasteiger partial charge in [0, 0.05) is 17.8 Å². The Kier molecular flexibility index (Phi) is 7.36. The van der Waals surface area contributed by atoms with Crippen molar-refractivity contribution in [2.45, 2.75) is 62.9 Å². The minimum Gasteiger partial charge on any atom is -0.357 e. The van der Waals surface area contributed by atoms with Gasteiger partial charge in [0.1, 0.15) is 10.0 Å². The Bertz CT molecular complexity index is 1250. The third-order valence-corrected chi connectivity index (χ3v) is 8.40. The van der Waals surface area contributed by atoms with Gasteiger partial charge in [-0.3, -0.25) is 20.2 Å². The molecule has 2 fully saturated rings. The zero-order chi connectivity index (χ0) is 26.1. The highest BCUT2D eigenvalue weighted by Gasteiger charge is 2.37. The summed E-state index contributed by atoms with van der Waals surface area (Å²) in [7, 11) is 0. The van der Waals surface area contributed by atoms with E-state index in [1.807, 2.05) is 12.1 Å². The molecule has 3 aromatic carbocycles. The number of nitro benzene ring substituents is 2. The molecule has 3 aromatic rings. The molecule has 0 unspecified atom stereocenters. The third-order valence-electron chi connectivity index (χ3n) is 7.76. The lowest BCUT2D eigenvalue weighted by Crippen LogP contribution is -2.26. The van der Waals surface area contributed by atoms with E-state index in [-0.39, 0.29) is 33.5 Å². The second kappa shape index (κ2) is 10.7. The van der Waals surface area contributed by atoms with Gasteiger partial charge >= 0.3 is 0 Å². The predicted molar refractivity (Wildman–Crippen MR) is 146 cm³/mol. The van der Waals surface area contributed by atoms with Gasteiger partial charge in [0.25, 0.3) is 11.4 Å². The first-order valence-corrected chi connectivity index (χ1v) is 13.3. The first-order chi connectivity index (χ1) is 17.8. The minimum absolute atomic E-state index is 0.0972. The van der Waals surface area contributed by atoms with Crippen LogP contribution in [0.4, 0.5) is 17.1 Å². The lowest BCUT2D eigenvalue weighted by Gasteiger charge is -2.33. The average molecular weight is 540 g/mol. The van der Waals surface area contributed by atoms with E-state index in [4.69, 9.17) is 23.2 Å². The van der Waals surface area contributed by atoms with Crippen molar-refractivity contribution >= 4 is 40.3 Å². The van der Waals surface area contributed by atoms with E-state index < -0.39 is 9.85 Å². The average Bonchev–Trinajstić information content (AvgIpc) is 3.34. The molecule has 1 aliphatic carbocycles. The number of nitrogens with zero attached hydrogens (tertiary/aromatic N) is 3. The Morgan fingerprint density at radius 3 is 1.57 bits per heavy atom. The third kappa shape index (κ3) is 5.15. The van der Waals surface area contributed by atoms with Crippen LogP contribution in [0.15, 0.2) is 60.7 Å². The van der Waals surface area contributed by atoms with Gasteiger partial charge in [0.15, 0.2) is 0 Å². The van der Waals surface area contributed by atoms with Crippen molar-refractivity contribution in [2.24, 2.45) is 0 Å². The summed E-state index contributed by atoms with van der Waals surface area (Å²) in [5.74, 6) is 0.575. The highest BCUT2D eigenvalue weighted by atomic mass is 35.5. The molecule has 0 radical (unpaired) electrons. The molecule has 192 valence electrons. The Morgan fingerprint density at radius 2 is 1.11 bits per heavy atom. The van der Waals surface area contributed by atoms with Crippen molar-refractivity contribution in [3.63, 3.8) is 0 Å². The molecule has 1 heterocycles. The normalized spacial score (nSPS) is 20.2. The number of nitro groups is 2.